The van der Waals surface area contributed by atoms with Gasteiger partial charge in [0.15, 0.2) is 5.75 Å². The standard InChI is InChI=1S/C10H17NO5S/c1-2-16-9(12)5-17(14,15)11-6-10(13,7-11)8-3-4-8/h8,13H,2-7H2,1H3. The Hall–Kier alpha value is -0.660. The van der Waals surface area contributed by atoms with E-state index in [0.29, 0.717) is 0 Å². The van der Waals surface area contributed by atoms with Crippen molar-refractivity contribution in [2.45, 2.75) is 25.4 Å². The van der Waals surface area contributed by atoms with Crippen LogP contribution in [0.1, 0.15) is 19.8 Å². The van der Waals surface area contributed by atoms with Gasteiger partial charge in [-0.1, -0.05) is 0 Å². The first kappa shape index (κ1) is 12.8. The second-order valence-corrected chi connectivity index (χ2v) is 6.68. The fraction of sp³-hybridized carbons (Fsp3) is 0.900. The van der Waals surface area contributed by atoms with Crippen LogP contribution in [0.2, 0.25) is 0 Å². The number of carbonyl (C=O) groups excluding carboxylic acids is 1. The van der Waals surface area contributed by atoms with Crippen LogP contribution in [0.5, 0.6) is 0 Å². The number of ether oxygens (including phenoxy) is 1. The Labute approximate surface area is 101 Å². The highest BCUT2D eigenvalue weighted by Crippen LogP contribution is 2.45. The highest BCUT2D eigenvalue weighted by atomic mass is 32.2. The van der Waals surface area contributed by atoms with Crippen molar-refractivity contribution in [1.29, 1.82) is 0 Å². The number of nitrogens with zero attached hydrogens (tertiary/aromatic N) is 1. The molecule has 0 amide bonds. The molecule has 1 heterocycles. The van der Waals surface area contributed by atoms with E-state index in [0.717, 1.165) is 17.1 Å². The van der Waals surface area contributed by atoms with Crippen LogP contribution in [-0.4, -0.2) is 54.8 Å². The van der Waals surface area contributed by atoms with E-state index in [1.54, 1.807) is 6.92 Å². The van der Waals surface area contributed by atoms with Crippen LogP contribution in [0, 0.1) is 5.92 Å². The van der Waals surface area contributed by atoms with E-state index in [2.05, 4.69) is 4.74 Å². The number of sulfonamides is 1. The Morgan fingerprint density at radius 1 is 1.47 bits per heavy atom. The summed E-state index contributed by atoms with van der Waals surface area (Å²) in [6, 6.07) is 0. The maximum Gasteiger partial charge on any atom is 0.322 e. The van der Waals surface area contributed by atoms with Gasteiger partial charge >= 0.3 is 5.97 Å². The molecule has 1 aliphatic heterocycles. The monoisotopic (exact) mass is 263 g/mol. The molecule has 0 bridgehead atoms. The number of esters is 1. The quantitative estimate of drug-likeness (QED) is 0.665. The first-order valence-electron chi connectivity index (χ1n) is 5.73. The van der Waals surface area contributed by atoms with Gasteiger partial charge in [0, 0.05) is 13.1 Å². The van der Waals surface area contributed by atoms with E-state index in [9.17, 15) is 18.3 Å². The summed E-state index contributed by atoms with van der Waals surface area (Å²) in [5.74, 6) is -1.15. The third-order valence-corrected chi connectivity index (χ3v) is 4.88. The summed E-state index contributed by atoms with van der Waals surface area (Å²) < 4.78 is 29.2. The predicted molar refractivity (Wildman–Crippen MR) is 59.7 cm³/mol. The van der Waals surface area contributed by atoms with Gasteiger partial charge in [0.2, 0.25) is 10.0 Å². The Bertz CT molecular complexity index is 408. The first-order valence-corrected chi connectivity index (χ1v) is 7.34. The molecular formula is C10H17NO5S. The van der Waals surface area contributed by atoms with Crippen LogP contribution in [0.3, 0.4) is 0 Å². The van der Waals surface area contributed by atoms with Crippen molar-refractivity contribution in [3.8, 4) is 0 Å². The van der Waals surface area contributed by atoms with Crippen LogP contribution in [0.15, 0.2) is 0 Å². The largest absolute Gasteiger partial charge is 0.465 e. The van der Waals surface area contributed by atoms with Crippen molar-refractivity contribution >= 4 is 16.0 Å². The van der Waals surface area contributed by atoms with Crippen LogP contribution >= 0.6 is 0 Å². The summed E-state index contributed by atoms with van der Waals surface area (Å²) in [5.41, 5.74) is -0.859. The maximum absolute atomic E-state index is 11.7. The van der Waals surface area contributed by atoms with Gasteiger partial charge in [-0.15, -0.1) is 0 Å². The Kier molecular flexibility index (Phi) is 3.17. The van der Waals surface area contributed by atoms with Crippen molar-refractivity contribution in [2.75, 3.05) is 25.4 Å². The lowest BCUT2D eigenvalue weighted by Gasteiger charge is -2.45. The minimum atomic E-state index is -3.62. The van der Waals surface area contributed by atoms with Gasteiger partial charge in [-0.2, -0.15) is 4.31 Å². The predicted octanol–water partition coefficient (Wildman–Crippen LogP) is -0.664. The van der Waals surface area contributed by atoms with Crippen molar-refractivity contribution in [1.82, 2.24) is 4.31 Å². The number of rotatable bonds is 5. The van der Waals surface area contributed by atoms with Gasteiger partial charge in [-0.05, 0) is 25.7 Å². The van der Waals surface area contributed by atoms with Crippen LogP contribution < -0.4 is 0 Å². The summed E-state index contributed by atoms with van der Waals surface area (Å²) >= 11 is 0. The Morgan fingerprint density at radius 2 is 2.06 bits per heavy atom. The minimum absolute atomic E-state index is 0.111. The minimum Gasteiger partial charge on any atom is -0.465 e. The fourth-order valence-electron chi connectivity index (χ4n) is 2.08. The zero-order chi connectivity index (χ0) is 12.7. The molecule has 0 aromatic carbocycles. The molecule has 0 radical (unpaired) electrons. The molecule has 1 N–H and O–H groups in total. The van der Waals surface area contributed by atoms with Gasteiger partial charge in [-0.25, -0.2) is 8.42 Å². The number of hydrogen-bond acceptors (Lipinski definition) is 5. The van der Waals surface area contributed by atoms with Gasteiger partial charge in [0.25, 0.3) is 0 Å². The molecule has 2 aliphatic rings. The smallest absolute Gasteiger partial charge is 0.322 e. The molecule has 0 aromatic rings. The molecule has 1 saturated heterocycles. The van der Waals surface area contributed by atoms with E-state index in [-0.39, 0.29) is 25.6 Å². The average Bonchev–Trinajstić information content (AvgIpc) is 2.95. The summed E-state index contributed by atoms with van der Waals surface area (Å²) in [5, 5.41) is 10.00. The molecule has 0 atom stereocenters. The molecule has 1 aliphatic carbocycles. The third kappa shape index (κ3) is 2.61. The third-order valence-electron chi connectivity index (χ3n) is 3.24. The van der Waals surface area contributed by atoms with Gasteiger partial charge in [0.05, 0.1) is 12.2 Å². The second kappa shape index (κ2) is 4.22. The molecule has 0 unspecified atom stereocenters. The lowest BCUT2D eigenvalue weighted by atomic mass is 9.91. The molecule has 1 saturated carbocycles. The second-order valence-electron chi connectivity index (χ2n) is 4.71. The maximum atomic E-state index is 11.7. The van der Waals surface area contributed by atoms with Gasteiger partial charge < -0.3 is 9.84 Å². The van der Waals surface area contributed by atoms with Crippen molar-refractivity contribution < 1.29 is 23.1 Å². The van der Waals surface area contributed by atoms with Crippen molar-refractivity contribution in [3.63, 3.8) is 0 Å². The molecule has 17 heavy (non-hydrogen) atoms. The van der Waals surface area contributed by atoms with Crippen LogP contribution in [0.4, 0.5) is 0 Å². The SMILES string of the molecule is CCOC(=O)CS(=O)(=O)N1CC(O)(C2CC2)C1. The molecule has 98 valence electrons. The van der Waals surface area contributed by atoms with E-state index < -0.39 is 27.3 Å². The van der Waals surface area contributed by atoms with Gasteiger partial charge in [0.1, 0.15) is 0 Å². The lowest BCUT2D eigenvalue weighted by molar-refractivity contribution is -0.140. The number of hydrogen-bond donors (Lipinski definition) is 1. The Morgan fingerprint density at radius 3 is 2.53 bits per heavy atom. The molecule has 6 nitrogen and oxygen atoms in total. The highest BCUT2D eigenvalue weighted by Gasteiger charge is 2.55. The molecule has 2 fully saturated rings. The highest BCUT2D eigenvalue weighted by molar-refractivity contribution is 7.89. The molecular weight excluding hydrogens is 246 g/mol. The number of β-amino-alcohol motifs (C(OH)–C–C–N with tert-alkyl or cyclic N) is 1. The first-order chi connectivity index (χ1) is 7.87. The lowest BCUT2D eigenvalue weighted by Crippen LogP contribution is -2.65. The molecule has 2 rings (SSSR count). The van der Waals surface area contributed by atoms with Crippen molar-refractivity contribution in [2.24, 2.45) is 5.92 Å². The van der Waals surface area contributed by atoms with Crippen molar-refractivity contribution in [3.05, 3.63) is 0 Å². The normalized spacial score (nSPS) is 24.1. The molecule has 0 spiro atoms. The average molecular weight is 263 g/mol. The molecule has 0 aromatic heterocycles. The molecule has 7 heteroatoms. The summed E-state index contributed by atoms with van der Waals surface area (Å²) in [4.78, 5) is 11.1. The zero-order valence-corrected chi connectivity index (χ0v) is 10.6. The number of aliphatic hydroxyl groups is 1. The summed E-state index contributed by atoms with van der Waals surface area (Å²) in [6.45, 7) is 2.01. The van der Waals surface area contributed by atoms with E-state index in [4.69, 9.17) is 0 Å². The summed E-state index contributed by atoms with van der Waals surface area (Å²) in [6.07, 6.45) is 1.92. The van der Waals surface area contributed by atoms with Gasteiger partial charge in [-0.3, -0.25) is 4.79 Å². The van der Waals surface area contributed by atoms with E-state index >= 15 is 0 Å². The van der Waals surface area contributed by atoms with E-state index in [1.165, 1.54) is 0 Å². The zero-order valence-electron chi connectivity index (χ0n) is 9.76. The van der Waals surface area contributed by atoms with E-state index in [1.807, 2.05) is 0 Å². The van der Waals surface area contributed by atoms with Crippen LogP contribution in [-0.2, 0) is 19.6 Å². The summed E-state index contributed by atoms with van der Waals surface area (Å²) in [7, 11) is -3.62. The topological polar surface area (TPSA) is 83.9 Å². The Balaban J connectivity index is 1.88. The number of carbonyl (C=O) groups is 1. The fourth-order valence-corrected chi connectivity index (χ4v) is 3.49. The van der Waals surface area contributed by atoms with Crippen LogP contribution in [0.25, 0.3) is 0 Å².